The lowest BCUT2D eigenvalue weighted by atomic mass is 9.97. The summed E-state index contributed by atoms with van der Waals surface area (Å²) in [7, 11) is 0. The second-order valence-electron chi connectivity index (χ2n) is 6.56. The van der Waals surface area contributed by atoms with E-state index in [9.17, 15) is 9.59 Å². The third-order valence-corrected chi connectivity index (χ3v) is 6.78. The molecule has 0 spiro atoms. The number of aromatic nitrogens is 2. The zero-order valence-corrected chi connectivity index (χ0v) is 16.5. The van der Waals surface area contributed by atoms with Crippen molar-refractivity contribution in [1.29, 1.82) is 0 Å². The molecule has 0 atom stereocenters. The fourth-order valence-corrected chi connectivity index (χ4v) is 5.38. The van der Waals surface area contributed by atoms with Gasteiger partial charge in [-0.25, -0.2) is 4.98 Å². The van der Waals surface area contributed by atoms with E-state index in [1.807, 2.05) is 6.07 Å². The first-order valence-electron chi connectivity index (χ1n) is 9.11. The molecule has 1 aliphatic carbocycles. The van der Waals surface area contributed by atoms with Gasteiger partial charge in [-0.2, -0.15) is 11.8 Å². The predicted molar refractivity (Wildman–Crippen MR) is 108 cm³/mol. The van der Waals surface area contributed by atoms with E-state index in [1.54, 1.807) is 35.4 Å². The SMILES string of the molecule is O=C(CCSCc1nc2sc3c(c2c(=O)[nH]1)CCCC3)NCc1ccco1. The maximum Gasteiger partial charge on any atom is 0.259 e. The van der Waals surface area contributed by atoms with E-state index in [1.165, 1.54) is 16.9 Å². The summed E-state index contributed by atoms with van der Waals surface area (Å²) in [6, 6.07) is 3.63. The second kappa shape index (κ2) is 8.31. The van der Waals surface area contributed by atoms with Crippen LogP contribution < -0.4 is 10.9 Å². The Labute approximate surface area is 164 Å². The van der Waals surface area contributed by atoms with Crippen molar-refractivity contribution in [2.45, 2.75) is 44.4 Å². The largest absolute Gasteiger partial charge is 0.467 e. The van der Waals surface area contributed by atoms with Crippen molar-refractivity contribution in [2.24, 2.45) is 0 Å². The summed E-state index contributed by atoms with van der Waals surface area (Å²) >= 11 is 3.26. The third-order valence-electron chi connectivity index (χ3n) is 4.63. The molecule has 0 unspecified atom stereocenters. The molecule has 27 heavy (non-hydrogen) atoms. The van der Waals surface area contributed by atoms with E-state index in [4.69, 9.17) is 4.42 Å². The van der Waals surface area contributed by atoms with Gasteiger partial charge in [-0.3, -0.25) is 9.59 Å². The lowest BCUT2D eigenvalue weighted by molar-refractivity contribution is -0.120. The Kier molecular flexibility index (Phi) is 5.63. The predicted octanol–water partition coefficient (Wildman–Crippen LogP) is 3.40. The molecule has 0 aliphatic heterocycles. The minimum absolute atomic E-state index is 0.0123. The number of H-pyrrole nitrogens is 1. The normalized spacial score (nSPS) is 13.6. The van der Waals surface area contributed by atoms with Crippen LogP contribution in [-0.4, -0.2) is 21.6 Å². The van der Waals surface area contributed by atoms with Crippen molar-refractivity contribution in [1.82, 2.24) is 15.3 Å². The summed E-state index contributed by atoms with van der Waals surface area (Å²) in [6.07, 6.45) is 6.41. The Hall–Kier alpha value is -2.06. The Morgan fingerprint density at radius 1 is 1.37 bits per heavy atom. The van der Waals surface area contributed by atoms with Gasteiger partial charge in [0.05, 0.1) is 23.9 Å². The van der Waals surface area contributed by atoms with E-state index in [2.05, 4.69) is 15.3 Å². The zero-order chi connectivity index (χ0) is 18.6. The molecule has 0 fully saturated rings. The van der Waals surface area contributed by atoms with Crippen LogP contribution in [0.1, 0.15) is 41.3 Å². The number of furan rings is 1. The molecule has 0 aromatic carbocycles. The number of nitrogens with one attached hydrogen (secondary N) is 2. The van der Waals surface area contributed by atoms with Crippen LogP contribution in [-0.2, 0) is 29.9 Å². The topological polar surface area (TPSA) is 88.0 Å². The lowest BCUT2D eigenvalue weighted by Crippen LogP contribution is -2.22. The number of fused-ring (bicyclic) bond motifs is 3. The molecule has 3 aromatic heterocycles. The standard InChI is InChI=1S/C19H21N3O3S2/c23-16(20-10-12-4-3-8-25-12)7-9-26-11-15-21-18(24)17-13-5-1-2-6-14(13)27-19(17)22-15/h3-4,8H,1-2,5-7,9-11H2,(H,20,23)(H,21,22,24). The average molecular weight is 404 g/mol. The van der Waals surface area contributed by atoms with Gasteiger partial charge in [0.25, 0.3) is 5.56 Å². The Balaban J connectivity index is 1.30. The highest BCUT2D eigenvalue weighted by Crippen LogP contribution is 2.33. The number of aryl methyl sites for hydroxylation is 2. The van der Waals surface area contributed by atoms with Crippen molar-refractivity contribution in [3.05, 3.63) is 50.8 Å². The minimum Gasteiger partial charge on any atom is -0.467 e. The molecule has 0 bridgehead atoms. The zero-order valence-electron chi connectivity index (χ0n) is 14.9. The van der Waals surface area contributed by atoms with Gasteiger partial charge in [0, 0.05) is 17.1 Å². The number of rotatable bonds is 7. The summed E-state index contributed by atoms with van der Waals surface area (Å²) < 4.78 is 5.18. The first-order valence-corrected chi connectivity index (χ1v) is 11.1. The van der Waals surface area contributed by atoms with E-state index in [0.717, 1.165) is 35.2 Å². The van der Waals surface area contributed by atoms with Crippen molar-refractivity contribution >= 4 is 39.2 Å². The van der Waals surface area contributed by atoms with Crippen LogP contribution in [0.25, 0.3) is 10.2 Å². The molecule has 1 amide bonds. The molecule has 142 valence electrons. The minimum atomic E-state index is -0.0220. The summed E-state index contributed by atoms with van der Waals surface area (Å²) in [5.41, 5.74) is 1.19. The molecule has 8 heteroatoms. The highest BCUT2D eigenvalue weighted by Gasteiger charge is 2.19. The van der Waals surface area contributed by atoms with Crippen LogP contribution in [0, 0.1) is 0 Å². The highest BCUT2D eigenvalue weighted by atomic mass is 32.2. The fourth-order valence-electron chi connectivity index (χ4n) is 3.30. The Morgan fingerprint density at radius 2 is 2.26 bits per heavy atom. The van der Waals surface area contributed by atoms with E-state index < -0.39 is 0 Å². The highest BCUT2D eigenvalue weighted by molar-refractivity contribution is 7.98. The maximum atomic E-state index is 12.5. The number of nitrogens with zero attached hydrogens (tertiary/aromatic N) is 1. The van der Waals surface area contributed by atoms with Crippen molar-refractivity contribution in [2.75, 3.05) is 5.75 Å². The smallest absolute Gasteiger partial charge is 0.259 e. The average Bonchev–Trinajstić information content (AvgIpc) is 3.30. The van der Waals surface area contributed by atoms with Crippen molar-refractivity contribution in [3.8, 4) is 0 Å². The number of aromatic amines is 1. The van der Waals surface area contributed by atoms with Crippen LogP contribution in [0.4, 0.5) is 0 Å². The van der Waals surface area contributed by atoms with Crippen LogP contribution in [0.3, 0.4) is 0 Å². The van der Waals surface area contributed by atoms with E-state index >= 15 is 0 Å². The van der Waals surface area contributed by atoms with Crippen LogP contribution in [0.2, 0.25) is 0 Å². The Morgan fingerprint density at radius 3 is 3.11 bits per heavy atom. The third kappa shape index (κ3) is 4.27. The summed E-state index contributed by atoms with van der Waals surface area (Å²) in [5.74, 6) is 2.69. The molecule has 3 heterocycles. The molecule has 0 radical (unpaired) electrons. The molecule has 2 N–H and O–H groups in total. The molecule has 1 aliphatic rings. The summed E-state index contributed by atoms with van der Waals surface area (Å²) in [6.45, 7) is 0.408. The van der Waals surface area contributed by atoms with Gasteiger partial charge < -0.3 is 14.7 Å². The number of carbonyl (C=O) groups excluding carboxylic acids is 1. The van der Waals surface area contributed by atoms with Crippen LogP contribution in [0.5, 0.6) is 0 Å². The van der Waals surface area contributed by atoms with Gasteiger partial charge >= 0.3 is 0 Å². The van der Waals surface area contributed by atoms with Gasteiger partial charge in [0.2, 0.25) is 5.91 Å². The van der Waals surface area contributed by atoms with Gasteiger partial charge in [-0.15, -0.1) is 11.3 Å². The maximum absolute atomic E-state index is 12.5. The number of hydrogen-bond donors (Lipinski definition) is 2. The molecule has 0 saturated heterocycles. The molecule has 6 nitrogen and oxygen atoms in total. The number of amides is 1. The van der Waals surface area contributed by atoms with Crippen molar-refractivity contribution < 1.29 is 9.21 Å². The summed E-state index contributed by atoms with van der Waals surface area (Å²) in [5, 5.41) is 3.62. The lowest BCUT2D eigenvalue weighted by Gasteiger charge is -2.09. The number of hydrogen-bond acceptors (Lipinski definition) is 6. The molecule has 3 aromatic rings. The number of thioether (sulfide) groups is 1. The summed E-state index contributed by atoms with van der Waals surface area (Å²) in [4.78, 5) is 34.1. The number of carbonyl (C=O) groups is 1. The molecular weight excluding hydrogens is 382 g/mol. The van der Waals surface area contributed by atoms with Crippen LogP contribution >= 0.6 is 23.1 Å². The first-order chi connectivity index (χ1) is 13.2. The monoisotopic (exact) mass is 403 g/mol. The molecular formula is C19H21N3O3S2. The van der Waals surface area contributed by atoms with Gasteiger partial charge in [0.15, 0.2) is 0 Å². The van der Waals surface area contributed by atoms with Crippen LogP contribution in [0.15, 0.2) is 27.6 Å². The first kappa shape index (κ1) is 18.3. The fraction of sp³-hybridized carbons (Fsp3) is 0.421. The second-order valence-corrected chi connectivity index (χ2v) is 8.75. The molecule has 4 rings (SSSR count). The quantitative estimate of drug-likeness (QED) is 0.591. The van der Waals surface area contributed by atoms with Gasteiger partial charge in [-0.1, -0.05) is 0 Å². The van der Waals surface area contributed by atoms with Gasteiger partial charge in [0.1, 0.15) is 16.4 Å². The Bertz CT molecular complexity index is 992. The van der Waals surface area contributed by atoms with Crippen molar-refractivity contribution in [3.63, 3.8) is 0 Å². The van der Waals surface area contributed by atoms with E-state index in [-0.39, 0.29) is 11.5 Å². The molecule has 0 saturated carbocycles. The van der Waals surface area contributed by atoms with Gasteiger partial charge in [-0.05, 0) is 43.4 Å². The van der Waals surface area contributed by atoms with E-state index in [0.29, 0.717) is 30.3 Å². The number of thiophene rings is 1.